The molecule has 7 heteroatoms. The Bertz CT molecular complexity index is 1550. The molecule has 0 aliphatic rings. The zero-order valence-electron chi connectivity index (χ0n) is 20.9. The van der Waals surface area contributed by atoms with E-state index < -0.39 is 0 Å². The van der Waals surface area contributed by atoms with Crippen LogP contribution in [0.25, 0.3) is 22.4 Å². The second-order valence-electron chi connectivity index (χ2n) is 8.67. The van der Waals surface area contributed by atoms with Gasteiger partial charge in [-0.3, -0.25) is 10.2 Å². The number of aryl methyl sites for hydroxylation is 2. The highest BCUT2D eigenvalue weighted by molar-refractivity contribution is 7.17. The van der Waals surface area contributed by atoms with Gasteiger partial charge in [0.15, 0.2) is 0 Å². The largest absolute Gasteiger partial charge is 0.358 e. The van der Waals surface area contributed by atoms with Gasteiger partial charge in [-0.2, -0.15) is 5.10 Å². The molecule has 2 aromatic heterocycles. The van der Waals surface area contributed by atoms with Gasteiger partial charge in [-0.1, -0.05) is 90.2 Å². The van der Waals surface area contributed by atoms with E-state index in [4.69, 9.17) is 0 Å². The molecule has 184 valence electrons. The van der Waals surface area contributed by atoms with Crippen molar-refractivity contribution in [1.29, 1.82) is 0 Å². The van der Waals surface area contributed by atoms with Crippen LogP contribution in [0.2, 0.25) is 0 Å². The predicted molar refractivity (Wildman–Crippen MR) is 153 cm³/mol. The minimum absolute atomic E-state index is 0.185. The highest BCUT2D eigenvalue weighted by atomic mass is 32.1. The number of carbonyl (C=O) groups is 1. The Hall–Kier alpha value is -4.49. The number of nitrogens with one attached hydrogen (secondary N) is 3. The van der Waals surface area contributed by atoms with Gasteiger partial charge in [0.1, 0.15) is 4.88 Å². The highest BCUT2D eigenvalue weighted by Crippen LogP contribution is 2.37. The number of hydrazone groups is 1. The van der Waals surface area contributed by atoms with Gasteiger partial charge in [0.25, 0.3) is 5.91 Å². The van der Waals surface area contributed by atoms with Crippen molar-refractivity contribution in [2.75, 3.05) is 10.7 Å². The number of hydrogen-bond donors (Lipinski definition) is 3. The molecule has 3 N–H and O–H groups in total. The van der Waals surface area contributed by atoms with Gasteiger partial charge in [0.2, 0.25) is 5.13 Å². The number of thiazole rings is 1. The van der Waals surface area contributed by atoms with E-state index in [1.165, 1.54) is 11.3 Å². The van der Waals surface area contributed by atoms with Crippen molar-refractivity contribution in [2.45, 2.75) is 20.8 Å². The van der Waals surface area contributed by atoms with Crippen LogP contribution in [0.1, 0.15) is 33.5 Å². The SMILES string of the molecule is C/C(=N\Nc1nc(C)c(C(=O)Nc2ccccc2)s1)c1c(C)[nH]c(-c2ccccc2)c1-c1ccccc1. The molecule has 0 radical (unpaired) electrons. The number of anilines is 2. The molecule has 0 bridgehead atoms. The number of nitrogens with zero attached hydrogens (tertiary/aromatic N) is 2. The van der Waals surface area contributed by atoms with Gasteiger partial charge in [0.05, 0.1) is 17.1 Å². The molecule has 0 fully saturated rings. The first-order chi connectivity index (χ1) is 18.0. The lowest BCUT2D eigenvalue weighted by Crippen LogP contribution is -2.11. The Morgan fingerprint density at radius 2 is 1.46 bits per heavy atom. The topological polar surface area (TPSA) is 82.2 Å². The van der Waals surface area contributed by atoms with Crippen LogP contribution >= 0.6 is 11.3 Å². The number of aromatic amines is 1. The molecule has 0 unspecified atom stereocenters. The van der Waals surface area contributed by atoms with Crippen molar-refractivity contribution in [1.82, 2.24) is 9.97 Å². The lowest BCUT2D eigenvalue weighted by atomic mass is 9.95. The van der Waals surface area contributed by atoms with Crippen LogP contribution < -0.4 is 10.7 Å². The molecule has 37 heavy (non-hydrogen) atoms. The van der Waals surface area contributed by atoms with Crippen LogP contribution in [0.5, 0.6) is 0 Å². The van der Waals surface area contributed by atoms with Crippen molar-refractivity contribution in [3.8, 4) is 22.4 Å². The first-order valence-corrected chi connectivity index (χ1v) is 12.8. The zero-order valence-corrected chi connectivity index (χ0v) is 21.7. The molecule has 1 amide bonds. The van der Waals surface area contributed by atoms with E-state index in [1.807, 2.05) is 80.6 Å². The van der Waals surface area contributed by atoms with E-state index in [-0.39, 0.29) is 5.91 Å². The quantitative estimate of drug-likeness (QED) is 0.158. The summed E-state index contributed by atoms with van der Waals surface area (Å²) in [5.74, 6) is -0.185. The normalized spacial score (nSPS) is 11.4. The number of amides is 1. The Morgan fingerprint density at radius 1 is 0.865 bits per heavy atom. The minimum Gasteiger partial charge on any atom is -0.358 e. The van der Waals surface area contributed by atoms with Crippen LogP contribution in [0.3, 0.4) is 0 Å². The van der Waals surface area contributed by atoms with Gasteiger partial charge in [0, 0.05) is 22.5 Å². The molecule has 5 rings (SSSR count). The van der Waals surface area contributed by atoms with Crippen molar-refractivity contribution >= 4 is 33.8 Å². The average molecular weight is 506 g/mol. The summed E-state index contributed by atoms with van der Waals surface area (Å²) in [5.41, 5.74) is 11.7. The highest BCUT2D eigenvalue weighted by Gasteiger charge is 2.20. The molecule has 2 heterocycles. The van der Waals surface area contributed by atoms with E-state index in [2.05, 4.69) is 57.0 Å². The number of aromatic nitrogens is 2. The predicted octanol–water partition coefficient (Wildman–Crippen LogP) is 7.51. The average Bonchev–Trinajstić information content (AvgIpc) is 3.48. The second kappa shape index (κ2) is 10.6. The Balaban J connectivity index is 1.45. The van der Waals surface area contributed by atoms with Gasteiger partial charge < -0.3 is 10.3 Å². The van der Waals surface area contributed by atoms with E-state index >= 15 is 0 Å². The molecule has 0 spiro atoms. The van der Waals surface area contributed by atoms with E-state index in [9.17, 15) is 4.79 Å². The first kappa shape index (κ1) is 24.2. The maximum absolute atomic E-state index is 12.8. The Labute approximate surface area is 220 Å². The standard InChI is InChI=1S/C30H27N5OS/c1-19-25(26(22-13-7-4-8-14-22)27(31-19)23-15-9-5-10-16-23)20(2)34-35-30-32-21(3)28(37-30)29(36)33-24-17-11-6-12-18-24/h4-18,31H,1-3H3,(H,32,35)(H,33,36)/b34-20+. The number of H-pyrrole nitrogens is 1. The van der Waals surface area contributed by atoms with Gasteiger partial charge in [-0.25, -0.2) is 4.98 Å². The van der Waals surface area contributed by atoms with Crippen molar-refractivity contribution in [3.05, 3.63) is 113 Å². The van der Waals surface area contributed by atoms with Crippen LogP contribution in [0.15, 0.2) is 96.1 Å². The summed E-state index contributed by atoms with van der Waals surface area (Å²) in [6, 6.07) is 30.0. The van der Waals surface area contributed by atoms with Crippen molar-refractivity contribution in [3.63, 3.8) is 0 Å². The number of benzene rings is 3. The van der Waals surface area contributed by atoms with E-state index in [1.54, 1.807) is 0 Å². The van der Waals surface area contributed by atoms with Crippen LogP contribution in [0.4, 0.5) is 10.8 Å². The third-order valence-corrected chi connectivity index (χ3v) is 7.09. The molecule has 0 saturated carbocycles. The van der Waals surface area contributed by atoms with Gasteiger partial charge >= 0.3 is 0 Å². The molecule has 0 aliphatic heterocycles. The van der Waals surface area contributed by atoms with E-state index in [0.29, 0.717) is 15.7 Å². The van der Waals surface area contributed by atoms with Gasteiger partial charge in [-0.15, -0.1) is 0 Å². The molecule has 3 aromatic carbocycles. The van der Waals surface area contributed by atoms with Crippen molar-refractivity contribution in [2.24, 2.45) is 5.10 Å². The summed E-state index contributed by atoms with van der Waals surface area (Å²) >= 11 is 1.28. The number of carbonyl (C=O) groups excluding carboxylic acids is 1. The summed E-state index contributed by atoms with van der Waals surface area (Å²) in [5, 5.41) is 8.16. The zero-order chi connectivity index (χ0) is 25.8. The minimum atomic E-state index is -0.185. The summed E-state index contributed by atoms with van der Waals surface area (Å²) in [7, 11) is 0. The fourth-order valence-corrected chi connectivity index (χ4v) is 5.15. The smallest absolute Gasteiger partial charge is 0.267 e. The molecular weight excluding hydrogens is 478 g/mol. The Kier molecular flexibility index (Phi) is 6.96. The lowest BCUT2D eigenvalue weighted by Gasteiger charge is -2.09. The second-order valence-corrected chi connectivity index (χ2v) is 9.67. The molecule has 0 aliphatic carbocycles. The monoisotopic (exact) mass is 505 g/mol. The summed E-state index contributed by atoms with van der Waals surface area (Å²) in [4.78, 5) is 21.4. The Morgan fingerprint density at radius 3 is 2.11 bits per heavy atom. The van der Waals surface area contributed by atoms with Crippen LogP contribution in [-0.4, -0.2) is 21.6 Å². The van der Waals surface area contributed by atoms with E-state index in [0.717, 1.165) is 45.0 Å². The third-order valence-electron chi connectivity index (χ3n) is 6.03. The molecular formula is C30H27N5OS. The van der Waals surface area contributed by atoms with Crippen LogP contribution in [-0.2, 0) is 0 Å². The molecule has 0 atom stereocenters. The third kappa shape index (κ3) is 5.22. The van der Waals surface area contributed by atoms with Crippen molar-refractivity contribution < 1.29 is 4.79 Å². The summed E-state index contributed by atoms with van der Waals surface area (Å²) in [6.07, 6.45) is 0. The number of para-hydroxylation sites is 1. The number of rotatable bonds is 7. The van der Waals surface area contributed by atoms with Crippen LogP contribution in [0, 0.1) is 13.8 Å². The fraction of sp³-hybridized carbons (Fsp3) is 0.100. The number of hydrogen-bond acceptors (Lipinski definition) is 5. The maximum atomic E-state index is 12.8. The van der Waals surface area contributed by atoms with Gasteiger partial charge in [-0.05, 0) is 44.0 Å². The first-order valence-electron chi connectivity index (χ1n) is 12.0. The maximum Gasteiger partial charge on any atom is 0.267 e. The molecule has 5 aromatic rings. The lowest BCUT2D eigenvalue weighted by molar-refractivity contribution is 0.103. The summed E-state index contributed by atoms with van der Waals surface area (Å²) in [6.45, 7) is 5.87. The molecule has 6 nitrogen and oxygen atoms in total. The molecule has 0 saturated heterocycles. The summed E-state index contributed by atoms with van der Waals surface area (Å²) < 4.78 is 0. The fourth-order valence-electron chi connectivity index (χ4n) is 4.34.